The van der Waals surface area contributed by atoms with Gasteiger partial charge in [0.1, 0.15) is 0 Å². The number of benzene rings is 1. The van der Waals surface area contributed by atoms with Crippen LogP contribution in [0.1, 0.15) is 12.8 Å². The van der Waals surface area contributed by atoms with Crippen molar-refractivity contribution in [1.29, 1.82) is 0 Å². The van der Waals surface area contributed by atoms with E-state index in [9.17, 15) is 0 Å². The van der Waals surface area contributed by atoms with Crippen molar-refractivity contribution in [2.75, 3.05) is 44.7 Å². The summed E-state index contributed by atoms with van der Waals surface area (Å²) in [5.41, 5.74) is 7.36. The molecule has 1 aromatic carbocycles. The van der Waals surface area contributed by atoms with Crippen molar-refractivity contribution in [1.82, 2.24) is 4.90 Å². The lowest BCUT2D eigenvalue weighted by Gasteiger charge is -2.55. The van der Waals surface area contributed by atoms with E-state index in [0.717, 1.165) is 56.3 Å². The molecule has 0 aromatic heterocycles. The molecule has 0 amide bonds. The molecular formula is C16H24ClN3O. The Kier molecular flexibility index (Phi) is 4.41. The zero-order chi connectivity index (χ0) is 14.9. The van der Waals surface area contributed by atoms with Gasteiger partial charge in [-0.15, -0.1) is 0 Å². The van der Waals surface area contributed by atoms with Crippen LogP contribution in [0.5, 0.6) is 0 Å². The van der Waals surface area contributed by atoms with Crippen LogP contribution >= 0.6 is 11.6 Å². The zero-order valence-corrected chi connectivity index (χ0v) is 13.4. The highest BCUT2D eigenvalue weighted by Gasteiger charge is 2.48. The number of nitrogens with zero attached hydrogens (tertiary/aromatic N) is 2. The van der Waals surface area contributed by atoms with Crippen molar-refractivity contribution in [2.24, 2.45) is 5.73 Å². The molecule has 1 saturated heterocycles. The minimum atomic E-state index is 0.160. The predicted octanol–water partition coefficient (Wildman–Crippen LogP) is 1.97. The maximum Gasteiger partial charge on any atom is 0.0639 e. The molecule has 0 atom stereocenters. The average molecular weight is 310 g/mol. The summed E-state index contributed by atoms with van der Waals surface area (Å²) in [6.07, 6.45) is 2.51. The van der Waals surface area contributed by atoms with Crippen molar-refractivity contribution in [3.8, 4) is 0 Å². The van der Waals surface area contributed by atoms with Crippen molar-refractivity contribution in [2.45, 2.75) is 24.5 Å². The predicted molar refractivity (Wildman–Crippen MR) is 87.1 cm³/mol. The monoisotopic (exact) mass is 309 g/mol. The van der Waals surface area contributed by atoms with E-state index in [1.807, 2.05) is 18.2 Å². The quantitative estimate of drug-likeness (QED) is 0.923. The Morgan fingerprint density at radius 3 is 2.48 bits per heavy atom. The number of hydrogen-bond donors (Lipinski definition) is 1. The summed E-state index contributed by atoms with van der Waals surface area (Å²) in [6, 6.07) is 8.08. The maximum absolute atomic E-state index is 6.30. The Morgan fingerprint density at radius 1 is 1.24 bits per heavy atom. The Labute approximate surface area is 131 Å². The zero-order valence-electron chi connectivity index (χ0n) is 12.6. The lowest BCUT2D eigenvalue weighted by Crippen LogP contribution is -2.67. The summed E-state index contributed by atoms with van der Waals surface area (Å²) < 4.78 is 5.43. The highest BCUT2D eigenvalue weighted by Crippen LogP contribution is 2.39. The molecule has 1 aromatic rings. The molecule has 1 aliphatic heterocycles. The molecule has 2 aliphatic rings. The lowest BCUT2D eigenvalue weighted by atomic mass is 9.72. The SMILES string of the molecule is COC1CC(CN)(N2CCN(c3ccccc3Cl)CC2)C1. The van der Waals surface area contributed by atoms with Crippen LogP contribution in [0.15, 0.2) is 24.3 Å². The number of methoxy groups -OCH3 is 1. The first kappa shape index (κ1) is 15.1. The van der Waals surface area contributed by atoms with Crippen LogP contribution in [0.25, 0.3) is 0 Å². The molecule has 1 saturated carbocycles. The van der Waals surface area contributed by atoms with Gasteiger partial charge in [-0.1, -0.05) is 23.7 Å². The topological polar surface area (TPSA) is 41.7 Å². The number of para-hydroxylation sites is 1. The molecule has 0 bridgehead atoms. The summed E-state index contributed by atoms with van der Waals surface area (Å²) in [5, 5.41) is 0.836. The number of rotatable bonds is 4. The second kappa shape index (κ2) is 6.13. The standard InChI is InChI=1S/C16H24ClN3O/c1-21-13-10-16(11-13,12-18)20-8-6-19(7-9-20)15-5-3-2-4-14(15)17/h2-5,13H,6-12,18H2,1H3. The molecule has 116 valence electrons. The number of piperazine rings is 1. The number of ether oxygens (including phenoxy) is 1. The van der Waals surface area contributed by atoms with Crippen LogP contribution in [-0.4, -0.2) is 56.4 Å². The van der Waals surface area contributed by atoms with Crippen LogP contribution in [-0.2, 0) is 4.74 Å². The molecule has 1 aliphatic carbocycles. The summed E-state index contributed by atoms with van der Waals surface area (Å²) in [7, 11) is 1.79. The molecule has 1 heterocycles. The van der Waals surface area contributed by atoms with Gasteiger partial charge in [0.05, 0.1) is 16.8 Å². The molecule has 0 radical (unpaired) electrons. The largest absolute Gasteiger partial charge is 0.381 e. The van der Waals surface area contributed by atoms with E-state index in [4.69, 9.17) is 22.1 Å². The van der Waals surface area contributed by atoms with Gasteiger partial charge in [0.15, 0.2) is 0 Å². The molecule has 4 nitrogen and oxygen atoms in total. The van der Waals surface area contributed by atoms with E-state index < -0.39 is 0 Å². The normalized spacial score (nSPS) is 30.2. The van der Waals surface area contributed by atoms with Gasteiger partial charge in [0, 0.05) is 45.4 Å². The maximum atomic E-state index is 6.30. The van der Waals surface area contributed by atoms with Gasteiger partial charge in [-0.05, 0) is 25.0 Å². The third-order valence-electron chi connectivity index (χ3n) is 5.07. The molecule has 21 heavy (non-hydrogen) atoms. The van der Waals surface area contributed by atoms with Gasteiger partial charge >= 0.3 is 0 Å². The van der Waals surface area contributed by atoms with Crippen LogP contribution in [0.3, 0.4) is 0 Å². The second-order valence-corrected chi connectivity index (χ2v) is 6.53. The van der Waals surface area contributed by atoms with E-state index in [1.165, 1.54) is 0 Å². The van der Waals surface area contributed by atoms with Crippen molar-refractivity contribution >= 4 is 17.3 Å². The fraction of sp³-hybridized carbons (Fsp3) is 0.625. The van der Waals surface area contributed by atoms with Gasteiger partial charge < -0.3 is 15.4 Å². The molecular weight excluding hydrogens is 286 g/mol. The Balaban J connectivity index is 1.62. The van der Waals surface area contributed by atoms with Gasteiger partial charge in [0.25, 0.3) is 0 Å². The van der Waals surface area contributed by atoms with Crippen LogP contribution in [0.2, 0.25) is 5.02 Å². The van der Waals surface area contributed by atoms with Crippen LogP contribution in [0.4, 0.5) is 5.69 Å². The van der Waals surface area contributed by atoms with E-state index >= 15 is 0 Å². The highest BCUT2D eigenvalue weighted by molar-refractivity contribution is 6.33. The van der Waals surface area contributed by atoms with Gasteiger partial charge in [0.2, 0.25) is 0 Å². The Morgan fingerprint density at radius 2 is 1.90 bits per heavy atom. The van der Waals surface area contributed by atoms with Crippen molar-refractivity contribution in [3.05, 3.63) is 29.3 Å². The van der Waals surface area contributed by atoms with E-state index in [0.29, 0.717) is 6.10 Å². The van der Waals surface area contributed by atoms with Crippen molar-refractivity contribution in [3.63, 3.8) is 0 Å². The average Bonchev–Trinajstić information content (AvgIpc) is 2.48. The Bertz CT molecular complexity index is 482. The van der Waals surface area contributed by atoms with E-state index in [1.54, 1.807) is 7.11 Å². The van der Waals surface area contributed by atoms with E-state index in [-0.39, 0.29) is 5.54 Å². The number of halogens is 1. The fourth-order valence-electron chi connectivity index (χ4n) is 3.64. The third-order valence-corrected chi connectivity index (χ3v) is 5.39. The second-order valence-electron chi connectivity index (χ2n) is 6.12. The molecule has 3 rings (SSSR count). The van der Waals surface area contributed by atoms with Crippen LogP contribution < -0.4 is 10.6 Å². The van der Waals surface area contributed by atoms with Gasteiger partial charge in [-0.3, -0.25) is 4.90 Å². The first-order valence-electron chi connectivity index (χ1n) is 7.66. The summed E-state index contributed by atoms with van der Waals surface area (Å²) in [5.74, 6) is 0. The first-order chi connectivity index (χ1) is 10.2. The highest BCUT2D eigenvalue weighted by atomic mass is 35.5. The summed E-state index contributed by atoms with van der Waals surface area (Å²) in [6.45, 7) is 4.81. The summed E-state index contributed by atoms with van der Waals surface area (Å²) in [4.78, 5) is 4.92. The minimum absolute atomic E-state index is 0.160. The molecule has 5 heteroatoms. The third kappa shape index (κ3) is 2.78. The Hall–Kier alpha value is -0.810. The van der Waals surface area contributed by atoms with Crippen LogP contribution in [0, 0.1) is 0 Å². The lowest BCUT2D eigenvalue weighted by molar-refractivity contribution is -0.0885. The minimum Gasteiger partial charge on any atom is -0.381 e. The first-order valence-corrected chi connectivity index (χ1v) is 8.04. The molecule has 2 N–H and O–H groups in total. The summed E-state index contributed by atoms with van der Waals surface area (Å²) >= 11 is 6.30. The van der Waals surface area contributed by atoms with Crippen molar-refractivity contribution < 1.29 is 4.74 Å². The van der Waals surface area contributed by atoms with E-state index in [2.05, 4.69) is 15.9 Å². The number of hydrogen-bond acceptors (Lipinski definition) is 4. The number of anilines is 1. The number of nitrogens with two attached hydrogens (primary N) is 1. The van der Waals surface area contributed by atoms with Gasteiger partial charge in [-0.25, -0.2) is 0 Å². The fourth-order valence-corrected chi connectivity index (χ4v) is 3.89. The molecule has 0 spiro atoms. The molecule has 2 fully saturated rings. The molecule has 0 unspecified atom stereocenters. The smallest absolute Gasteiger partial charge is 0.0639 e. The van der Waals surface area contributed by atoms with Gasteiger partial charge in [-0.2, -0.15) is 0 Å².